The summed E-state index contributed by atoms with van der Waals surface area (Å²) in [5.41, 5.74) is 4.70. The van der Waals surface area contributed by atoms with Crippen LogP contribution in [-0.2, 0) is 4.79 Å². The van der Waals surface area contributed by atoms with Gasteiger partial charge in [0.05, 0.1) is 6.54 Å². The van der Waals surface area contributed by atoms with Crippen LogP contribution >= 0.6 is 0 Å². The fourth-order valence-electron chi connectivity index (χ4n) is 0.174. The number of amides is 1. The maximum absolute atomic E-state index is 9.76. The molecule has 0 rings (SSSR count). The first-order valence-electron chi connectivity index (χ1n) is 1.70. The Labute approximate surface area is 48.7 Å². The van der Waals surface area contributed by atoms with E-state index in [-0.39, 0.29) is 24.9 Å². The zero-order valence-corrected chi connectivity index (χ0v) is 4.83. The van der Waals surface area contributed by atoms with Gasteiger partial charge in [-0.25, -0.2) is 0 Å². The monoisotopic (exact) mass is 123 g/mol. The summed E-state index contributed by atoms with van der Waals surface area (Å²) in [4.78, 5) is 9.76. The lowest BCUT2D eigenvalue weighted by Crippen LogP contribution is -3.00. The fraction of sp³-hybridized carbons (Fsp3) is 0.667. The van der Waals surface area contributed by atoms with Crippen LogP contribution in [0.5, 0.6) is 0 Å². The zero-order valence-electron chi connectivity index (χ0n) is 4.07. The van der Waals surface area contributed by atoms with Crippen LogP contribution in [0.25, 0.3) is 0 Å². The molecule has 0 unspecified atom stereocenters. The van der Waals surface area contributed by atoms with Crippen molar-refractivity contribution >= 4 is 5.91 Å². The lowest BCUT2D eigenvalue weighted by atomic mass is 10.6. The van der Waals surface area contributed by atoms with Gasteiger partial charge in [0.1, 0.15) is 0 Å². The van der Waals surface area contributed by atoms with E-state index < -0.39 is 0 Å². The quantitative estimate of drug-likeness (QED) is 0.391. The van der Waals surface area contributed by atoms with Gasteiger partial charge in [0.25, 0.3) is 0 Å². The molecule has 0 aromatic heterocycles. The van der Waals surface area contributed by atoms with E-state index in [9.17, 15) is 4.79 Å². The second-order valence-electron chi connectivity index (χ2n) is 0.997. The molecule has 0 saturated carbocycles. The summed E-state index contributed by atoms with van der Waals surface area (Å²) in [5.74, 6) is -0.322. The molecule has 3 N–H and O–H groups in total. The van der Waals surface area contributed by atoms with E-state index >= 15 is 0 Å². The average Bonchev–Trinajstić information content (AvgIpc) is 1.35. The number of nitrogens with one attached hydrogen (secondary N) is 1. The minimum absolute atomic E-state index is 0. The standard InChI is InChI=1S/C3H8N2O.ClH/c1-5-2-3(4)6;/h5H,2H2,1H3,(H2,4,6);1H/p-1. The Balaban J connectivity index is 0. The third-order valence-corrected chi connectivity index (χ3v) is 0.351. The minimum Gasteiger partial charge on any atom is -1.00 e. The number of halogens is 1. The van der Waals surface area contributed by atoms with E-state index in [1.165, 1.54) is 0 Å². The predicted molar refractivity (Wildman–Crippen MR) is 23.1 cm³/mol. The Bertz CT molecular complexity index is 56.9. The van der Waals surface area contributed by atoms with Gasteiger partial charge in [-0.2, -0.15) is 0 Å². The molecule has 3 nitrogen and oxygen atoms in total. The number of carbonyl (C=O) groups excluding carboxylic acids is 1. The van der Waals surface area contributed by atoms with Crippen LogP contribution in [-0.4, -0.2) is 19.5 Å². The van der Waals surface area contributed by atoms with Gasteiger partial charge in [0.15, 0.2) is 0 Å². The summed E-state index contributed by atoms with van der Waals surface area (Å²) in [5, 5.41) is 2.59. The molecule has 0 aliphatic carbocycles. The molecular weight excluding hydrogens is 115 g/mol. The topological polar surface area (TPSA) is 55.1 Å². The predicted octanol–water partition coefficient (Wildman–Crippen LogP) is -4.30. The van der Waals surface area contributed by atoms with Crippen LogP contribution in [0.4, 0.5) is 0 Å². The molecule has 0 atom stereocenters. The first kappa shape index (κ1) is 9.87. The van der Waals surface area contributed by atoms with Crippen molar-refractivity contribution in [2.75, 3.05) is 13.6 Å². The number of hydrogen-bond donors (Lipinski definition) is 2. The summed E-state index contributed by atoms with van der Waals surface area (Å²) in [6, 6.07) is 0. The van der Waals surface area contributed by atoms with Gasteiger partial charge in [-0.1, -0.05) is 0 Å². The molecule has 0 heterocycles. The van der Waals surface area contributed by atoms with E-state index in [4.69, 9.17) is 5.73 Å². The Morgan fingerprint density at radius 2 is 2.29 bits per heavy atom. The Kier molecular flexibility index (Phi) is 8.06. The van der Waals surface area contributed by atoms with Crippen molar-refractivity contribution in [1.29, 1.82) is 0 Å². The van der Waals surface area contributed by atoms with Gasteiger partial charge < -0.3 is 23.5 Å². The van der Waals surface area contributed by atoms with Crippen molar-refractivity contribution in [2.24, 2.45) is 5.73 Å². The van der Waals surface area contributed by atoms with Crippen molar-refractivity contribution in [2.45, 2.75) is 0 Å². The molecule has 1 amide bonds. The van der Waals surface area contributed by atoms with Crippen LogP contribution in [0, 0.1) is 0 Å². The summed E-state index contributed by atoms with van der Waals surface area (Å²) < 4.78 is 0. The Morgan fingerprint density at radius 3 is 2.29 bits per heavy atom. The molecule has 0 spiro atoms. The number of primary amides is 1. The summed E-state index contributed by atoms with van der Waals surface area (Å²) in [6.07, 6.45) is 0. The highest BCUT2D eigenvalue weighted by atomic mass is 35.5. The van der Waals surface area contributed by atoms with Crippen LogP contribution in [0.2, 0.25) is 0 Å². The van der Waals surface area contributed by atoms with Gasteiger partial charge in [-0.15, -0.1) is 0 Å². The molecule has 0 aliphatic heterocycles. The number of rotatable bonds is 2. The Morgan fingerprint density at radius 1 is 1.86 bits per heavy atom. The fourth-order valence-corrected chi connectivity index (χ4v) is 0.174. The number of nitrogens with two attached hydrogens (primary N) is 1. The van der Waals surface area contributed by atoms with Gasteiger partial charge in [0, 0.05) is 0 Å². The molecule has 44 valence electrons. The number of likely N-dealkylation sites (N-methyl/N-ethyl adjacent to an activating group) is 1. The second kappa shape index (κ2) is 5.72. The van der Waals surface area contributed by atoms with Gasteiger partial charge >= 0.3 is 0 Å². The van der Waals surface area contributed by atoms with E-state index in [1.807, 2.05) is 0 Å². The summed E-state index contributed by atoms with van der Waals surface area (Å²) >= 11 is 0. The molecule has 0 saturated heterocycles. The highest BCUT2D eigenvalue weighted by molar-refractivity contribution is 5.75. The van der Waals surface area contributed by atoms with E-state index in [1.54, 1.807) is 7.05 Å². The van der Waals surface area contributed by atoms with Crippen molar-refractivity contribution in [3.8, 4) is 0 Å². The lowest BCUT2D eigenvalue weighted by molar-refractivity contribution is -0.117. The molecule has 7 heavy (non-hydrogen) atoms. The van der Waals surface area contributed by atoms with Crippen LogP contribution < -0.4 is 23.5 Å². The zero-order chi connectivity index (χ0) is 4.99. The van der Waals surface area contributed by atoms with Gasteiger partial charge in [-0.3, -0.25) is 4.79 Å². The van der Waals surface area contributed by atoms with Crippen molar-refractivity contribution in [1.82, 2.24) is 5.32 Å². The average molecular weight is 124 g/mol. The normalized spacial score (nSPS) is 7.00. The summed E-state index contributed by atoms with van der Waals surface area (Å²) in [6.45, 7) is 0.264. The third-order valence-electron chi connectivity index (χ3n) is 0.351. The number of carbonyl (C=O) groups is 1. The SMILES string of the molecule is CNCC(N)=O.[Cl-]. The molecule has 0 aromatic carbocycles. The molecule has 0 aromatic rings. The van der Waals surface area contributed by atoms with Crippen LogP contribution in [0.1, 0.15) is 0 Å². The van der Waals surface area contributed by atoms with E-state index in [2.05, 4.69) is 5.32 Å². The molecule has 0 fully saturated rings. The van der Waals surface area contributed by atoms with Crippen LogP contribution in [0.15, 0.2) is 0 Å². The molecular formula is C3H8ClN2O-. The molecule has 4 heteroatoms. The smallest absolute Gasteiger partial charge is 0.231 e. The Hall–Kier alpha value is -0.280. The van der Waals surface area contributed by atoms with Crippen LogP contribution in [0.3, 0.4) is 0 Å². The van der Waals surface area contributed by atoms with Crippen molar-refractivity contribution in [3.63, 3.8) is 0 Å². The minimum atomic E-state index is -0.322. The molecule has 0 radical (unpaired) electrons. The maximum atomic E-state index is 9.76. The highest BCUT2D eigenvalue weighted by Gasteiger charge is 1.82. The van der Waals surface area contributed by atoms with Crippen molar-refractivity contribution in [3.05, 3.63) is 0 Å². The summed E-state index contributed by atoms with van der Waals surface area (Å²) in [7, 11) is 1.67. The van der Waals surface area contributed by atoms with E-state index in [0.29, 0.717) is 0 Å². The van der Waals surface area contributed by atoms with E-state index in [0.717, 1.165) is 0 Å². The lowest BCUT2D eigenvalue weighted by Gasteiger charge is -1.85. The van der Waals surface area contributed by atoms with Gasteiger partial charge in [0.2, 0.25) is 5.91 Å². The second-order valence-corrected chi connectivity index (χ2v) is 0.997. The number of hydrogen-bond acceptors (Lipinski definition) is 2. The maximum Gasteiger partial charge on any atom is 0.231 e. The third kappa shape index (κ3) is 10.7. The van der Waals surface area contributed by atoms with Gasteiger partial charge in [-0.05, 0) is 7.05 Å². The largest absolute Gasteiger partial charge is 1.00 e. The molecule has 0 bridgehead atoms. The first-order chi connectivity index (χ1) is 2.77. The highest BCUT2D eigenvalue weighted by Crippen LogP contribution is 1.44. The first-order valence-corrected chi connectivity index (χ1v) is 1.70. The molecule has 0 aliphatic rings. The van der Waals surface area contributed by atoms with Crippen molar-refractivity contribution < 1.29 is 17.2 Å².